The van der Waals surface area contributed by atoms with Crippen molar-refractivity contribution in [3.05, 3.63) is 59.3 Å². The highest BCUT2D eigenvalue weighted by atomic mass is 32.2. The van der Waals surface area contributed by atoms with E-state index in [2.05, 4.69) is 24.1 Å². The Kier molecular flexibility index (Phi) is 8.32. The van der Waals surface area contributed by atoms with Crippen LogP contribution in [-0.4, -0.2) is 29.5 Å². The number of amides is 2. The first-order chi connectivity index (χ1) is 14.2. The van der Waals surface area contributed by atoms with Gasteiger partial charge in [0.15, 0.2) is 0 Å². The molecule has 1 aromatic carbocycles. The number of fused-ring (bicyclic) bond motifs is 1. The largest absolute Gasteiger partial charge is 0.366 e. The number of anilines is 1. The Bertz CT molecular complexity index is 888. The second kappa shape index (κ2) is 10.5. The van der Waals surface area contributed by atoms with E-state index in [-0.39, 0.29) is 11.3 Å². The van der Waals surface area contributed by atoms with E-state index in [1.54, 1.807) is 19.1 Å². The zero-order valence-electron chi connectivity index (χ0n) is 18.1. The van der Waals surface area contributed by atoms with Crippen molar-refractivity contribution in [1.29, 1.82) is 0 Å². The Morgan fingerprint density at radius 3 is 2.67 bits per heavy atom. The van der Waals surface area contributed by atoms with Gasteiger partial charge in [0.2, 0.25) is 11.8 Å². The molecular weight excluding hydrogens is 398 g/mol. The van der Waals surface area contributed by atoms with Crippen LogP contribution in [0.15, 0.2) is 58.7 Å². The number of nitrogens with zero attached hydrogens (tertiary/aromatic N) is 1. The van der Waals surface area contributed by atoms with Crippen LogP contribution in [0.4, 0.5) is 5.69 Å². The van der Waals surface area contributed by atoms with E-state index in [1.165, 1.54) is 0 Å². The summed E-state index contributed by atoms with van der Waals surface area (Å²) in [5.74, 6) is -0.386. The van der Waals surface area contributed by atoms with Crippen LogP contribution in [0.3, 0.4) is 0 Å². The Morgan fingerprint density at radius 1 is 1.30 bits per heavy atom. The zero-order chi connectivity index (χ0) is 22.3. The summed E-state index contributed by atoms with van der Waals surface area (Å²) in [5, 5.41) is 2.92. The Hall–Kier alpha value is -2.51. The highest BCUT2D eigenvalue weighted by molar-refractivity contribution is 7.93. The Balaban J connectivity index is 2.32. The molecule has 1 heterocycles. The van der Waals surface area contributed by atoms with Gasteiger partial charge < -0.3 is 20.5 Å². The summed E-state index contributed by atoms with van der Waals surface area (Å²) in [7, 11) is 0. The van der Waals surface area contributed by atoms with Crippen LogP contribution in [0, 0.1) is 0 Å². The first kappa shape index (κ1) is 23.8. The number of allylic oxidation sites excluding steroid dienone is 5. The fourth-order valence-corrected chi connectivity index (χ4v) is 3.77. The van der Waals surface area contributed by atoms with Crippen molar-refractivity contribution < 1.29 is 14.1 Å². The van der Waals surface area contributed by atoms with Crippen LogP contribution in [0.5, 0.6) is 0 Å². The van der Waals surface area contributed by atoms with Gasteiger partial charge in [0.1, 0.15) is 0 Å². The molecule has 30 heavy (non-hydrogen) atoms. The predicted molar refractivity (Wildman–Crippen MR) is 123 cm³/mol. The minimum Gasteiger partial charge on any atom is -0.366 e. The number of nitrogens with two attached hydrogens (primary N) is 1. The van der Waals surface area contributed by atoms with E-state index in [1.807, 2.05) is 37.3 Å². The molecule has 4 N–H and O–H groups in total. The van der Waals surface area contributed by atoms with Gasteiger partial charge in [0, 0.05) is 58.8 Å². The third-order valence-corrected chi connectivity index (χ3v) is 5.74. The second-order valence-electron chi connectivity index (χ2n) is 7.75. The van der Waals surface area contributed by atoms with Crippen LogP contribution >= 0.6 is 12.0 Å². The lowest BCUT2D eigenvalue weighted by molar-refractivity contribution is -0.120. The molecule has 0 saturated carbocycles. The molecule has 0 bridgehead atoms. The third-order valence-electron chi connectivity index (χ3n) is 5.27. The number of carbonyl (C=O) groups excluding carboxylic acids is 2. The van der Waals surface area contributed by atoms with Gasteiger partial charge in [-0.3, -0.25) is 9.59 Å². The maximum Gasteiger partial charge on any atom is 0.244 e. The van der Waals surface area contributed by atoms with Crippen LogP contribution in [-0.2, 0) is 15.0 Å². The quantitative estimate of drug-likeness (QED) is 0.237. The average molecular weight is 430 g/mol. The van der Waals surface area contributed by atoms with Crippen LogP contribution in [0.2, 0.25) is 0 Å². The van der Waals surface area contributed by atoms with Crippen LogP contribution in [0.25, 0.3) is 0 Å². The summed E-state index contributed by atoms with van der Waals surface area (Å²) >= 11 is 0.742. The van der Waals surface area contributed by atoms with Gasteiger partial charge in [-0.15, -0.1) is 0 Å². The summed E-state index contributed by atoms with van der Waals surface area (Å²) in [4.78, 5) is 25.7. The number of primary amides is 1. The minimum absolute atomic E-state index is 0.0528. The highest BCUT2D eigenvalue weighted by Gasteiger charge is 2.39. The number of carbonyl (C=O) groups is 2. The van der Waals surface area contributed by atoms with Crippen molar-refractivity contribution in [3.8, 4) is 0 Å². The number of benzene rings is 1. The van der Waals surface area contributed by atoms with Gasteiger partial charge in [0.05, 0.1) is 0 Å². The molecule has 1 aliphatic rings. The number of rotatable bonds is 9. The first-order valence-electron chi connectivity index (χ1n) is 10.1. The van der Waals surface area contributed by atoms with Crippen molar-refractivity contribution in [3.63, 3.8) is 0 Å². The standard InChI is InChI=1S/C23H31N3O3S/c1-5-21(27)25-13-8-14-26-19-12-11-17(30-29)15-18(19)23(3,4)20(26)10-7-6-9-16(2)22(24)28/h6-7,9-12,15,29H,5,8,13-14H2,1-4H3,(H2,24,28)(H,25,27)/b7-6+,16-9+,20-10+. The number of hydrogen-bond acceptors (Lipinski definition) is 5. The summed E-state index contributed by atoms with van der Waals surface area (Å²) in [6, 6.07) is 5.96. The lowest BCUT2D eigenvalue weighted by atomic mass is 9.83. The van der Waals surface area contributed by atoms with E-state index < -0.39 is 5.91 Å². The second-order valence-corrected chi connectivity index (χ2v) is 8.41. The molecule has 0 saturated heterocycles. The van der Waals surface area contributed by atoms with Crippen LogP contribution < -0.4 is 16.0 Å². The average Bonchev–Trinajstić information content (AvgIpc) is 2.93. The summed E-state index contributed by atoms with van der Waals surface area (Å²) in [5.41, 5.74) is 8.85. The fraction of sp³-hybridized carbons (Fsp3) is 0.391. The molecule has 6 nitrogen and oxygen atoms in total. The molecule has 0 radical (unpaired) electrons. The first-order valence-corrected chi connectivity index (χ1v) is 10.9. The van der Waals surface area contributed by atoms with Crippen molar-refractivity contribution >= 4 is 29.5 Å². The highest BCUT2D eigenvalue weighted by Crippen LogP contribution is 2.48. The molecular formula is C23H31N3O3S. The van der Waals surface area contributed by atoms with Crippen molar-refractivity contribution in [1.82, 2.24) is 5.32 Å². The van der Waals surface area contributed by atoms with Gasteiger partial charge in [-0.2, -0.15) is 0 Å². The van der Waals surface area contributed by atoms with Gasteiger partial charge in [-0.05, 0) is 43.2 Å². The van der Waals surface area contributed by atoms with Crippen molar-refractivity contribution in [2.75, 3.05) is 18.0 Å². The maximum absolute atomic E-state index is 11.5. The molecule has 162 valence electrons. The Morgan fingerprint density at radius 2 is 2.03 bits per heavy atom. The monoisotopic (exact) mass is 429 g/mol. The molecule has 7 heteroatoms. The molecule has 1 aromatic rings. The van der Waals surface area contributed by atoms with E-state index in [0.29, 0.717) is 18.5 Å². The van der Waals surface area contributed by atoms with Gasteiger partial charge in [-0.1, -0.05) is 39.0 Å². The molecule has 0 atom stereocenters. The van der Waals surface area contributed by atoms with Gasteiger partial charge >= 0.3 is 0 Å². The molecule has 2 rings (SSSR count). The lowest BCUT2D eigenvalue weighted by Crippen LogP contribution is -2.30. The van der Waals surface area contributed by atoms with E-state index in [4.69, 9.17) is 5.73 Å². The van der Waals surface area contributed by atoms with E-state index in [0.717, 1.165) is 46.9 Å². The van der Waals surface area contributed by atoms with Crippen LogP contribution in [0.1, 0.15) is 46.1 Å². The zero-order valence-corrected chi connectivity index (χ0v) is 18.9. The number of nitrogens with one attached hydrogen (secondary N) is 1. The van der Waals surface area contributed by atoms with Gasteiger partial charge in [-0.25, -0.2) is 0 Å². The molecule has 0 fully saturated rings. The minimum atomic E-state index is -0.439. The normalized spacial score (nSPS) is 16.9. The van der Waals surface area contributed by atoms with Crippen molar-refractivity contribution in [2.45, 2.75) is 50.8 Å². The van der Waals surface area contributed by atoms with E-state index >= 15 is 0 Å². The van der Waals surface area contributed by atoms with Gasteiger partial charge in [0.25, 0.3) is 0 Å². The van der Waals surface area contributed by atoms with E-state index in [9.17, 15) is 14.1 Å². The molecule has 2 amide bonds. The topological polar surface area (TPSA) is 95.7 Å². The molecule has 0 aliphatic carbocycles. The lowest BCUT2D eigenvalue weighted by Gasteiger charge is -2.27. The molecule has 0 aromatic heterocycles. The summed E-state index contributed by atoms with van der Waals surface area (Å²) < 4.78 is 9.48. The molecule has 0 unspecified atom stereocenters. The SMILES string of the molecule is CCC(=O)NCCCN1/C(=C/C=C/C=C(\C)C(N)=O)C(C)(C)c2cc(SO)ccc21. The fourth-order valence-electron chi connectivity index (χ4n) is 3.47. The Labute approximate surface area is 183 Å². The number of hydrogen-bond donors (Lipinski definition) is 3. The smallest absolute Gasteiger partial charge is 0.244 e. The summed E-state index contributed by atoms with van der Waals surface area (Å²) in [6.45, 7) is 9.20. The predicted octanol–water partition coefficient (Wildman–Crippen LogP) is 4.14. The maximum atomic E-state index is 11.5. The summed E-state index contributed by atoms with van der Waals surface area (Å²) in [6.07, 6.45) is 8.74. The third kappa shape index (κ3) is 5.55. The molecule has 1 aliphatic heterocycles. The molecule has 0 spiro atoms. The van der Waals surface area contributed by atoms with Crippen molar-refractivity contribution in [2.24, 2.45) is 5.73 Å².